The van der Waals surface area contributed by atoms with Gasteiger partial charge < -0.3 is 20.3 Å². The van der Waals surface area contributed by atoms with E-state index in [9.17, 15) is 18.8 Å². The van der Waals surface area contributed by atoms with Crippen LogP contribution in [0, 0.1) is 18.7 Å². The first kappa shape index (κ1) is 27.3. The molecule has 0 radical (unpaired) electrons. The van der Waals surface area contributed by atoms with Crippen LogP contribution in [0.1, 0.15) is 66.1 Å². The fraction of sp³-hybridized carbons (Fsp3) is 0.357. The van der Waals surface area contributed by atoms with Crippen molar-refractivity contribution in [3.63, 3.8) is 0 Å². The summed E-state index contributed by atoms with van der Waals surface area (Å²) in [6.07, 6.45) is 3.99. The Labute approximate surface area is 224 Å². The Kier molecular flexibility index (Phi) is 8.78. The molecular formula is C28H29ClFN3O5. The van der Waals surface area contributed by atoms with Gasteiger partial charge in [0.15, 0.2) is 0 Å². The molecule has 0 aliphatic heterocycles. The van der Waals surface area contributed by atoms with Crippen molar-refractivity contribution in [2.75, 3.05) is 11.9 Å². The van der Waals surface area contributed by atoms with Gasteiger partial charge in [0.25, 0.3) is 5.91 Å². The number of nitrogens with one attached hydrogen (secondary N) is 2. The minimum Gasteiger partial charge on any atom is -0.481 e. The van der Waals surface area contributed by atoms with E-state index >= 15 is 0 Å². The number of carboxylic acids is 1. The zero-order valence-corrected chi connectivity index (χ0v) is 21.7. The van der Waals surface area contributed by atoms with Crippen molar-refractivity contribution in [1.29, 1.82) is 0 Å². The Morgan fingerprint density at radius 1 is 1.11 bits per heavy atom. The average molecular weight is 542 g/mol. The number of nitrogens with zero attached hydrogens (tertiary/aromatic N) is 1. The van der Waals surface area contributed by atoms with Crippen LogP contribution < -0.4 is 10.6 Å². The Morgan fingerprint density at radius 2 is 1.82 bits per heavy atom. The number of carboxylic acid groups (broad SMARTS) is 1. The van der Waals surface area contributed by atoms with E-state index in [1.165, 1.54) is 30.7 Å². The number of aliphatic carboxylic acids is 1. The molecule has 1 aliphatic rings. The highest BCUT2D eigenvalue weighted by Gasteiger charge is 2.26. The van der Waals surface area contributed by atoms with Gasteiger partial charge in [0.1, 0.15) is 22.8 Å². The van der Waals surface area contributed by atoms with E-state index in [1.54, 1.807) is 0 Å². The summed E-state index contributed by atoms with van der Waals surface area (Å²) in [5.41, 5.74) is 1.87. The number of anilines is 1. The molecule has 38 heavy (non-hydrogen) atoms. The van der Waals surface area contributed by atoms with Gasteiger partial charge in [-0.25, -0.2) is 4.39 Å². The van der Waals surface area contributed by atoms with Gasteiger partial charge >= 0.3 is 5.97 Å². The van der Waals surface area contributed by atoms with E-state index in [4.69, 9.17) is 21.2 Å². The number of rotatable bonds is 9. The van der Waals surface area contributed by atoms with E-state index in [-0.39, 0.29) is 58.8 Å². The lowest BCUT2D eigenvalue weighted by molar-refractivity contribution is -0.138. The van der Waals surface area contributed by atoms with Gasteiger partial charge in [-0.3, -0.25) is 14.4 Å². The number of carbonyl (C=O) groups is 3. The summed E-state index contributed by atoms with van der Waals surface area (Å²) in [4.78, 5) is 36.2. The summed E-state index contributed by atoms with van der Waals surface area (Å²) < 4.78 is 19.5. The van der Waals surface area contributed by atoms with Gasteiger partial charge in [0.05, 0.1) is 10.6 Å². The van der Waals surface area contributed by atoms with Gasteiger partial charge in [0.2, 0.25) is 5.91 Å². The standard InChI is InChI=1S/C28H29ClFN3O5/c1-16-25(27(33-38-16)26-21(29)3-2-4-22(26)30)28(37)31-14-13-23(34)32-20-11-9-19(10-12-20)18-7-5-17(6-8-18)15-24(35)36/h2-4,9-12,17-18H,5-8,13-15H2,1H3,(H,31,37)(H,32,34)(H,35,36). The molecule has 8 nitrogen and oxygen atoms in total. The van der Waals surface area contributed by atoms with E-state index in [0.29, 0.717) is 11.6 Å². The maximum absolute atomic E-state index is 14.4. The fourth-order valence-corrected chi connectivity index (χ4v) is 5.17. The predicted molar refractivity (Wildman–Crippen MR) is 141 cm³/mol. The summed E-state index contributed by atoms with van der Waals surface area (Å²) in [7, 11) is 0. The summed E-state index contributed by atoms with van der Waals surface area (Å²) in [5, 5.41) is 18.4. The Bertz CT molecular complexity index is 1300. The van der Waals surface area contributed by atoms with E-state index < -0.39 is 17.7 Å². The van der Waals surface area contributed by atoms with Crippen LogP contribution in [-0.4, -0.2) is 34.6 Å². The molecule has 1 aromatic heterocycles. The third kappa shape index (κ3) is 6.58. The molecule has 200 valence electrons. The highest BCUT2D eigenvalue weighted by atomic mass is 35.5. The maximum Gasteiger partial charge on any atom is 0.303 e. The van der Waals surface area contributed by atoms with Crippen LogP contribution >= 0.6 is 11.6 Å². The first-order valence-electron chi connectivity index (χ1n) is 12.5. The molecule has 10 heteroatoms. The molecule has 0 atom stereocenters. The van der Waals surface area contributed by atoms with Crippen LogP contribution in [-0.2, 0) is 9.59 Å². The quantitative estimate of drug-likeness (QED) is 0.308. The highest BCUT2D eigenvalue weighted by molar-refractivity contribution is 6.33. The lowest BCUT2D eigenvalue weighted by atomic mass is 9.77. The second kappa shape index (κ2) is 12.2. The zero-order chi connectivity index (χ0) is 27.2. The van der Waals surface area contributed by atoms with Crippen molar-refractivity contribution in [3.8, 4) is 11.3 Å². The first-order chi connectivity index (χ1) is 18.2. The smallest absolute Gasteiger partial charge is 0.303 e. The molecule has 3 aromatic rings. The molecular weight excluding hydrogens is 513 g/mol. The molecule has 0 spiro atoms. The number of halogens is 2. The van der Waals surface area contributed by atoms with Crippen LogP contribution in [0.15, 0.2) is 47.0 Å². The Morgan fingerprint density at radius 3 is 2.47 bits per heavy atom. The summed E-state index contributed by atoms with van der Waals surface area (Å²) in [6.45, 7) is 1.59. The monoisotopic (exact) mass is 541 g/mol. The molecule has 2 aromatic carbocycles. The zero-order valence-electron chi connectivity index (χ0n) is 20.9. The van der Waals surface area contributed by atoms with Gasteiger partial charge in [-0.15, -0.1) is 0 Å². The summed E-state index contributed by atoms with van der Waals surface area (Å²) >= 11 is 6.12. The topological polar surface area (TPSA) is 122 Å². The lowest BCUT2D eigenvalue weighted by Crippen LogP contribution is -2.28. The molecule has 0 unspecified atom stereocenters. The minimum atomic E-state index is -0.737. The summed E-state index contributed by atoms with van der Waals surface area (Å²) in [5.74, 6) is -1.34. The molecule has 1 heterocycles. The molecule has 4 rings (SSSR count). The number of amides is 2. The van der Waals surface area contributed by atoms with Gasteiger partial charge in [0, 0.05) is 25.1 Å². The molecule has 1 aliphatic carbocycles. The van der Waals surface area contributed by atoms with Crippen LogP contribution in [0.25, 0.3) is 11.3 Å². The van der Waals surface area contributed by atoms with Crippen molar-refractivity contribution < 1.29 is 28.4 Å². The minimum absolute atomic E-state index is 0.00279. The van der Waals surface area contributed by atoms with Crippen LogP contribution in [0.2, 0.25) is 5.02 Å². The van der Waals surface area contributed by atoms with Crippen molar-refractivity contribution in [3.05, 3.63) is 70.2 Å². The number of benzene rings is 2. The number of aromatic nitrogens is 1. The number of carbonyl (C=O) groups excluding carboxylic acids is 2. The fourth-order valence-electron chi connectivity index (χ4n) is 4.92. The summed E-state index contributed by atoms with van der Waals surface area (Å²) in [6, 6.07) is 11.8. The average Bonchev–Trinajstić information content (AvgIpc) is 3.25. The number of hydrogen-bond acceptors (Lipinski definition) is 5. The van der Waals surface area contributed by atoms with Crippen molar-refractivity contribution >= 4 is 35.1 Å². The Hall–Kier alpha value is -3.72. The lowest BCUT2D eigenvalue weighted by Gasteiger charge is -2.28. The largest absolute Gasteiger partial charge is 0.481 e. The molecule has 3 N–H and O–H groups in total. The molecule has 0 bridgehead atoms. The third-order valence-electron chi connectivity index (χ3n) is 6.90. The van der Waals surface area contributed by atoms with Gasteiger partial charge in [-0.05, 0) is 74.3 Å². The second-order valence-electron chi connectivity index (χ2n) is 9.55. The van der Waals surface area contributed by atoms with Crippen LogP contribution in [0.5, 0.6) is 0 Å². The second-order valence-corrected chi connectivity index (χ2v) is 9.96. The molecule has 1 fully saturated rings. The SMILES string of the molecule is Cc1onc(-c2c(F)cccc2Cl)c1C(=O)NCCC(=O)Nc1ccc(C2CCC(CC(=O)O)CC2)cc1. The normalized spacial score (nSPS) is 17.1. The molecule has 0 saturated heterocycles. The van der Waals surface area contributed by atoms with Crippen molar-refractivity contribution in [2.24, 2.45) is 5.92 Å². The number of aryl methyl sites for hydroxylation is 1. The van der Waals surface area contributed by atoms with E-state index in [1.807, 2.05) is 24.3 Å². The Balaban J connectivity index is 1.27. The van der Waals surface area contributed by atoms with Crippen molar-refractivity contribution in [1.82, 2.24) is 10.5 Å². The first-order valence-corrected chi connectivity index (χ1v) is 12.9. The van der Waals surface area contributed by atoms with Crippen LogP contribution in [0.3, 0.4) is 0 Å². The highest BCUT2D eigenvalue weighted by Crippen LogP contribution is 2.37. The maximum atomic E-state index is 14.4. The van der Waals surface area contributed by atoms with Crippen LogP contribution in [0.4, 0.5) is 10.1 Å². The van der Waals surface area contributed by atoms with E-state index in [2.05, 4.69) is 15.8 Å². The predicted octanol–water partition coefficient (Wildman–Crippen LogP) is 5.95. The molecule has 2 amide bonds. The van der Waals surface area contributed by atoms with Gasteiger partial charge in [-0.2, -0.15) is 0 Å². The van der Waals surface area contributed by atoms with Gasteiger partial charge in [-0.1, -0.05) is 35.0 Å². The third-order valence-corrected chi connectivity index (χ3v) is 7.22. The molecule has 1 saturated carbocycles. The van der Waals surface area contributed by atoms with Crippen molar-refractivity contribution in [2.45, 2.75) is 51.4 Å². The van der Waals surface area contributed by atoms with E-state index in [0.717, 1.165) is 25.7 Å². The number of hydrogen-bond donors (Lipinski definition) is 3.